The normalized spacial score (nSPS) is 6.33. The van der Waals surface area contributed by atoms with Crippen LogP contribution in [0, 0.1) is 0 Å². The number of carboxylic acids is 1. The van der Waals surface area contributed by atoms with E-state index >= 15 is 0 Å². The molecule has 0 rings (SSSR count). The summed E-state index contributed by atoms with van der Waals surface area (Å²) in [5.41, 5.74) is 0. The quantitative estimate of drug-likeness (QED) is 0.353. The van der Waals surface area contributed by atoms with Gasteiger partial charge in [0.05, 0.1) is 0 Å². The first kappa shape index (κ1) is 15.8. The zero-order valence-corrected chi connectivity index (χ0v) is 3.85. The summed E-state index contributed by atoms with van der Waals surface area (Å²) in [6, 6.07) is 0. The number of rotatable bonds is 2. The number of carboxylic acid groups (broad SMARTS) is 1. The van der Waals surface area contributed by atoms with Gasteiger partial charge in [0.25, 0.3) is 5.78 Å². The molecule has 0 amide bonds. The van der Waals surface area contributed by atoms with Crippen LogP contribution in [0.1, 0.15) is 0 Å². The van der Waals surface area contributed by atoms with E-state index in [1.54, 1.807) is 0 Å². The molecule has 0 spiro atoms. The molecule has 4 nitrogen and oxygen atoms in total. The van der Waals surface area contributed by atoms with Gasteiger partial charge in [0, 0.05) is 0 Å². The van der Waals surface area contributed by atoms with E-state index in [4.69, 9.17) is 5.11 Å². The number of ketones is 1. The van der Waals surface area contributed by atoms with E-state index in [1.165, 1.54) is 0 Å². The van der Waals surface area contributed by atoms with Gasteiger partial charge in [-0.25, -0.2) is 9.18 Å². The van der Waals surface area contributed by atoms with Crippen molar-refractivity contribution in [1.29, 1.82) is 0 Å². The van der Waals surface area contributed by atoms with Crippen LogP contribution in [0.25, 0.3) is 0 Å². The SMILES string of the molecule is O.O=C(O)C(=O)CF.[LiH]. The fraction of sp³-hybridized carbons (Fsp3) is 0.333. The fourth-order valence-corrected chi connectivity index (χ4v) is 0.0572. The average molecular weight is 132 g/mol. The number of carbonyl (C=O) groups is 2. The van der Waals surface area contributed by atoms with Gasteiger partial charge in [-0.15, -0.1) is 0 Å². The van der Waals surface area contributed by atoms with Crippen LogP contribution >= 0.6 is 0 Å². The Bertz CT molecular complexity index is 104. The van der Waals surface area contributed by atoms with Gasteiger partial charge in [-0.2, -0.15) is 0 Å². The molecule has 0 atom stereocenters. The van der Waals surface area contributed by atoms with Crippen LogP contribution in [0.3, 0.4) is 0 Å². The van der Waals surface area contributed by atoms with Crippen molar-refractivity contribution in [1.82, 2.24) is 0 Å². The summed E-state index contributed by atoms with van der Waals surface area (Å²) in [6.45, 7) is -1.42. The second kappa shape index (κ2) is 7.63. The Morgan fingerprint density at radius 3 is 1.78 bits per heavy atom. The summed E-state index contributed by atoms with van der Waals surface area (Å²) in [7, 11) is 0. The van der Waals surface area contributed by atoms with E-state index in [9.17, 15) is 14.0 Å². The third-order valence-corrected chi connectivity index (χ3v) is 0.360. The van der Waals surface area contributed by atoms with Crippen molar-refractivity contribution < 1.29 is 24.6 Å². The molecule has 0 aliphatic carbocycles. The van der Waals surface area contributed by atoms with Gasteiger partial charge >= 0.3 is 24.8 Å². The molecule has 3 N–H and O–H groups in total. The molecule has 9 heavy (non-hydrogen) atoms. The van der Waals surface area contributed by atoms with Gasteiger partial charge in [-0.3, -0.25) is 4.79 Å². The summed E-state index contributed by atoms with van der Waals surface area (Å²) in [6.07, 6.45) is 0. The standard InChI is InChI=1S/C3H3FO3.Li.H2O.H/c4-1-2(5)3(6)7;;;/h1H2,(H,6,7);;1H2;. The van der Waals surface area contributed by atoms with E-state index in [2.05, 4.69) is 0 Å². The third kappa shape index (κ3) is 7.63. The molecule has 0 aliphatic heterocycles. The summed E-state index contributed by atoms with van der Waals surface area (Å²) in [5.74, 6) is -3.12. The van der Waals surface area contributed by atoms with E-state index in [-0.39, 0.29) is 24.3 Å². The first-order valence-electron chi connectivity index (χ1n) is 1.50. The van der Waals surface area contributed by atoms with Gasteiger partial charge in [0.1, 0.15) is 0 Å². The van der Waals surface area contributed by atoms with E-state index in [0.29, 0.717) is 0 Å². The Kier molecular flexibility index (Phi) is 13.4. The minimum atomic E-state index is -1.72. The van der Waals surface area contributed by atoms with Gasteiger partial charge in [0.15, 0.2) is 6.67 Å². The topological polar surface area (TPSA) is 85.9 Å². The molecule has 0 bridgehead atoms. The molecule has 0 fully saturated rings. The van der Waals surface area contributed by atoms with Crippen molar-refractivity contribution in [2.45, 2.75) is 0 Å². The van der Waals surface area contributed by atoms with E-state index < -0.39 is 18.4 Å². The zero-order chi connectivity index (χ0) is 5.86. The van der Waals surface area contributed by atoms with Crippen LogP contribution in [-0.2, 0) is 9.59 Å². The molecule has 0 saturated heterocycles. The number of aliphatic carboxylic acids is 1. The molecule has 0 unspecified atom stereocenters. The van der Waals surface area contributed by atoms with Crippen LogP contribution in [-0.4, -0.2) is 47.9 Å². The predicted octanol–water partition coefficient (Wildman–Crippen LogP) is -1.86. The molecule has 6 heteroatoms. The number of hydrogen-bond donors (Lipinski definition) is 1. The Hall–Kier alpha value is -0.373. The Morgan fingerprint density at radius 2 is 1.78 bits per heavy atom. The van der Waals surface area contributed by atoms with Crippen LogP contribution < -0.4 is 0 Å². The van der Waals surface area contributed by atoms with Crippen LogP contribution in [0.15, 0.2) is 0 Å². The number of carbonyl (C=O) groups excluding carboxylic acids is 1. The number of halogens is 1. The van der Waals surface area contributed by atoms with Crippen molar-refractivity contribution >= 4 is 30.6 Å². The number of Topliss-reactive ketones (excluding diaryl/α,β-unsaturated/α-hetero) is 1. The maximum absolute atomic E-state index is 10.9. The van der Waals surface area contributed by atoms with E-state index in [0.717, 1.165) is 0 Å². The fourth-order valence-electron chi connectivity index (χ4n) is 0.0572. The molecule has 0 aromatic rings. The number of alkyl halides is 1. The van der Waals surface area contributed by atoms with Gasteiger partial charge in [0.2, 0.25) is 0 Å². The molecule has 0 saturated carbocycles. The minimum absolute atomic E-state index is 0. The molecule has 0 aromatic heterocycles. The average Bonchev–Trinajstić information content (AvgIpc) is 1.65. The van der Waals surface area contributed by atoms with Gasteiger partial charge in [-0.1, -0.05) is 0 Å². The van der Waals surface area contributed by atoms with Crippen LogP contribution in [0.5, 0.6) is 0 Å². The summed E-state index contributed by atoms with van der Waals surface area (Å²) in [4.78, 5) is 18.9. The van der Waals surface area contributed by atoms with Crippen molar-refractivity contribution in [2.75, 3.05) is 6.67 Å². The summed E-state index contributed by atoms with van der Waals surface area (Å²) >= 11 is 0. The second-order valence-corrected chi connectivity index (χ2v) is 0.862. The monoisotopic (exact) mass is 132 g/mol. The predicted molar refractivity (Wildman–Crippen MR) is 29.4 cm³/mol. The van der Waals surface area contributed by atoms with Crippen molar-refractivity contribution in [2.24, 2.45) is 0 Å². The molecule has 0 aliphatic rings. The van der Waals surface area contributed by atoms with Crippen LogP contribution in [0.2, 0.25) is 0 Å². The maximum atomic E-state index is 10.9. The molecule has 50 valence electrons. The Labute approximate surface area is 62.5 Å². The third-order valence-electron chi connectivity index (χ3n) is 0.360. The first-order valence-corrected chi connectivity index (χ1v) is 1.50. The van der Waals surface area contributed by atoms with Crippen LogP contribution in [0.4, 0.5) is 4.39 Å². The van der Waals surface area contributed by atoms with Gasteiger partial charge < -0.3 is 10.6 Å². The van der Waals surface area contributed by atoms with Crippen molar-refractivity contribution in [3.63, 3.8) is 0 Å². The second-order valence-electron chi connectivity index (χ2n) is 0.862. The van der Waals surface area contributed by atoms with E-state index in [1.807, 2.05) is 0 Å². The Morgan fingerprint density at radius 1 is 1.44 bits per heavy atom. The molecular formula is C3H6FLiO4. The molecule has 0 heterocycles. The summed E-state index contributed by atoms with van der Waals surface area (Å²) in [5, 5.41) is 7.59. The summed E-state index contributed by atoms with van der Waals surface area (Å²) < 4.78 is 10.9. The number of hydrogen-bond acceptors (Lipinski definition) is 2. The first-order chi connectivity index (χ1) is 3.18. The molecule has 0 radical (unpaired) electrons. The van der Waals surface area contributed by atoms with Gasteiger partial charge in [-0.05, 0) is 0 Å². The van der Waals surface area contributed by atoms with Crippen molar-refractivity contribution in [3.8, 4) is 0 Å². The molecular weight excluding hydrogens is 126 g/mol. The van der Waals surface area contributed by atoms with Crippen molar-refractivity contribution in [3.05, 3.63) is 0 Å². The Balaban J connectivity index is -0.000000180. The zero-order valence-electron chi connectivity index (χ0n) is 3.85. The molecule has 0 aromatic carbocycles.